The fourth-order valence-electron chi connectivity index (χ4n) is 3.50. The van der Waals surface area contributed by atoms with Crippen molar-refractivity contribution in [1.82, 2.24) is 14.9 Å². The Morgan fingerprint density at radius 2 is 1.85 bits per heavy atom. The van der Waals surface area contributed by atoms with Crippen molar-refractivity contribution in [2.45, 2.75) is 0 Å². The number of likely N-dealkylation sites (N-methyl/N-ethyl adjacent to an activating group) is 1. The lowest BCUT2D eigenvalue weighted by Gasteiger charge is -2.34. The number of hydrogen-bond acceptors (Lipinski definition) is 9. The molecule has 9 nitrogen and oxygen atoms in total. The van der Waals surface area contributed by atoms with E-state index in [4.69, 9.17) is 25.6 Å². The van der Waals surface area contributed by atoms with Gasteiger partial charge in [-0.1, -0.05) is 17.7 Å². The van der Waals surface area contributed by atoms with E-state index in [-0.39, 0.29) is 10.9 Å². The molecule has 1 fully saturated rings. The summed E-state index contributed by atoms with van der Waals surface area (Å²) in [6.45, 7) is 5.46. The van der Waals surface area contributed by atoms with Crippen LogP contribution in [-0.4, -0.2) is 61.9 Å². The van der Waals surface area contributed by atoms with Crippen LogP contribution < -0.4 is 24.2 Å². The molecule has 0 aliphatic carbocycles. The van der Waals surface area contributed by atoms with Gasteiger partial charge >= 0.3 is 8.03 Å². The minimum absolute atomic E-state index is 0.172. The summed E-state index contributed by atoms with van der Waals surface area (Å²) in [6.07, 6.45) is 1.46. The maximum absolute atomic E-state index is 11.4. The molecular weight excluding hydrogens is 477 g/mol. The van der Waals surface area contributed by atoms with Gasteiger partial charge in [-0.25, -0.2) is 4.98 Å². The Hall–Kier alpha value is -3.13. The summed E-state index contributed by atoms with van der Waals surface area (Å²) in [5, 5.41) is 3.42. The highest BCUT2D eigenvalue weighted by atomic mass is 35.5. The van der Waals surface area contributed by atoms with Crippen LogP contribution in [0.4, 0.5) is 17.3 Å². The van der Waals surface area contributed by atoms with Gasteiger partial charge in [-0.2, -0.15) is 4.98 Å². The lowest BCUT2D eigenvalue weighted by atomic mass is 10.2. The van der Waals surface area contributed by atoms with Crippen LogP contribution in [0, 0.1) is 0 Å². The number of nitrogens with one attached hydrogen (secondary N) is 1. The van der Waals surface area contributed by atoms with Gasteiger partial charge in [-0.15, -0.1) is 0 Å². The number of ether oxygens (including phenoxy) is 2. The molecule has 0 bridgehead atoms. The standard InChI is InChI=1S/C23H26ClN5O4P/c1-28-9-11-29(12-10-28)16-7-8-20(21(13-16)31-2)26-23-25-15-19(24)22(27-23)32-17-5-4-6-18(14-17)33-34(3)30/h4-8,13-15H,9-12H2,1-3H3,(H,25,26,27)/q+1. The molecular formula is C23H26ClN5O4P+. The quantitative estimate of drug-likeness (QED) is 0.418. The van der Waals surface area contributed by atoms with Crippen LogP contribution in [0.3, 0.4) is 0 Å². The van der Waals surface area contributed by atoms with E-state index in [2.05, 4.69) is 32.1 Å². The maximum atomic E-state index is 11.4. The molecule has 34 heavy (non-hydrogen) atoms. The number of aromatic nitrogens is 2. The Morgan fingerprint density at radius 3 is 2.59 bits per heavy atom. The lowest BCUT2D eigenvalue weighted by molar-refractivity contribution is 0.312. The van der Waals surface area contributed by atoms with Crippen LogP contribution in [0.25, 0.3) is 0 Å². The third-order valence-electron chi connectivity index (χ3n) is 5.27. The molecule has 2 heterocycles. The predicted molar refractivity (Wildman–Crippen MR) is 134 cm³/mol. The highest BCUT2D eigenvalue weighted by molar-refractivity contribution is 7.38. The molecule has 1 N–H and O–H groups in total. The van der Waals surface area contributed by atoms with E-state index in [0.717, 1.165) is 37.6 Å². The zero-order valence-electron chi connectivity index (χ0n) is 19.2. The number of piperazine rings is 1. The van der Waals surface area contributed by atoms with Crippen molar-refractivity contribution in [3.8, 4) is 23.1 Å². The first-order valence-corrected chi connectivity index (χ1v) is 12.7. The fourth-order valence-corrected chi connectivity index (χ4v) is 4.04. The lowest BCUT2D eigenvalue weighted by Crippen LogP contribution is -2.44. The first kappa shape index (κ1) is 24.0. The third kappa shape index (κ3) is 6.05. The van der Waals surface area contributed by atoms with Crippen LogP contribution in [0.5, 0.6) is 23.1 Å². The van der Waals surface area contributed by atoms with E-state index >= 15 is 0 Å². The Morgan fingerprint density at radius 1 is 1.09 bits per heavy atom. The normalized spacial score (nSPS) is 14.5. The Balaban J connectivity index is 1.51. The van der Waals surface area contributed by atoms with Gasteiger partial charge < -0.3 is 24.6 Å². The van der Waals surface area contributed by atoms with Crippen molar-refractivity contribution in [2.75, 3.05) is 57.2 Å². The molecule has 1 aromatic heterocycles. The van der Waals surface area contributed by atoms with E-state index in [0.29, 0.717) is 23.2 Å². The minimum Gasteiger partial charge on any atom is -0.494 e. The Bertz CT molecular complexity index is 1170. The van der Waals surface area contributed by atoms with Gasteiger partial charge in [0, 0.05) is 44.0 Å². The molecule has 11 heteroatoms. The summed E-state index contributed by atoms with van der Waals surface area (Å²) in [4.78, 5) is 13.3. The molecule has 3 aromatic rings. The average molecular weight is 503 g/mol. The molecule has 0 spiro atoms. The van der Waals surface area contributed by atoms with Gasteiger partial charge in [0.15, 0.2) is 12.4 Å². The van der Waals surface area contributed by atoms with E-state index in [1.165, 1.54) is 12.9 Å². The van der Waals surface area contributed by atoms with Gasteiger partial charge in [-0.3, -0.25) is 4.52 Å². The number of halogens is 1. The second-order valence-corrected chi connectivity index (χ2v) is 9.22. The van der Waals surface area contributed by atoms with Crippen molar-refractivity contribution >= 4 is 37.0 Å². The van der Waals surface area contributed by atoms with Crippen LogP contribution in [0.2, 0.25) is 5.02 Å². The summed E-state index contributed by atoms with van der Waals surface area (Å²) in [7, 11) is 1.98. The summed E-state index contributed by atoms with van der Waals surface area (Å²) < 4.78 is 28.0. The third-order valence-corrected chi connectivity index (χ3v) is 5.99. The summed E-state index contributed by atoms with van der Waals surface area (Å²) >= 11 is 6.26. The molecule has 178 valence electrons. The molecule has 1 aliphatic heterocycles. The largest absolute Gasteiger partial charge is 0.552 e. The fraction of sp³-hybridized carbons (Fsp3) is 0.304. The molecule has 0 radical (unpaired) electrons. The zero-order valence-corrected chi connectivity index (χ0v) is 20.8. The van der Waals surface area contributed by atoms with Gasteiger partial charge in [0.1, 0.15) is 16.5 Å². The average Bonchev–Trinajstić information content (AvgIpc) is 2.82. The van der Waals surface area contributed by atoms with Crippen LogP contribution in [-0.2, 0) is 4.57 Å². The first-order valence-electron chi connectivity index (χ1n) is 10.7. The smallest absolute Gasteiger partial charge is 0.494 e. The number of anilines is 3. The van der Waals surface area contributed by atoms with Gasteiger partial charge in [0.25, 0.3) is 0 Å². The van der Waals surface area contributed by atoms with Crippen molar-refractivity contribution in [2.24, 2.45) is 0 Å². The van der Waals surface area contributed by atoms with Crippen LogP contribution in [0.1, 0.15) is 0 Å². The van der Waals surface area contributed by atoms with Gasteiger partial charge in [0.2, 0.25) is 11.8 Å². The topological polar surface area (TPSA) is 89.0 Å². The van der Waals surface area contributed by atoms with Gasteiger partial charge in [-0.05, 0) is 35.9 Å². The van der Waals surface area contributed by atoms with E-state index in [1.54, 1.807) is 31.4 Å². The highest BCUT2D eigenvalue weighted by Gasteiger charge is 2.17. The van der Waals surface area contributed by atoms with E-state index in [9.17, 15) is 4.57 Å². The monoisotopic (exact) mass is 502 g/mol. The molecule has 0 saturated carbocycles. The molecule has 1 atom stereocenters. The SMILES string of the molecule is COc1cc(N2CCN(C)CC2)ccc1Nc1ncc(Cl)c(Oc2cccc(O[P+](C)=O)c2)n1. The summed E-state index contributed by atoms with van der Waals surface area (Å²) in [5.74, 6) is 2.01. The number of hydrogen-bond donors (Lipinski definition) is 1. The number of rotatable bonds is 8. The van der Waals surface area contributed by atoms with E-state index in [1.807, 2.05) is 18.2 Å². The maximum Gasteiger partial charge on any atom is 0.552 e. The molecule has 2 aromatic carbocycles. The second-order valence-electron chi connectivity index (χ2n) is 7.75. The first-order chi connectivity index (χ1) is 16.4. The van der Waals surface area contributed by atoms with Crippen molar-refractivity contribution < 1.29 is 18.6 Å². The second kappa shape index (κ2) is 10.9. The number of methoxy groups -OCH3 is 1. The number of benzene rings is 2. The van der Waals surface area contributed by atoms with Crippen LogP contribution >= 0.6 is 19.6 Å². The number of nitrogens with zero attached hydrogens (tertiary/aromatic N) is 4. The summed E-state index contributed by atoms with van der Waals surface area (Å²) in [6, 6.07) is 12.8. The van der Waals surface area contributed by atoms with Gasteiger partial charge in [0.05, 0.1) is 19.0 Å². The molecule has 0 amide bonds. The van der Waals surface area contributed by atoms with Crippen molar-refractivity contribution in [1.29, 1.82) is 0 Å². The molecule has 1 aliphatic rings. The Labute approximate surface area is 204 Å². The molecule has 1 unspecified atom stereocenters. The highest BCUT2D eigenvalue weighted by Crippen LogP contribution is 2.34. The van der Waals surface area contributed by atoms with Crippen molar-refractivity contribution in [3.05, 3.63) is 53.7 Å². The molecule has 4 rings (SSSR count). The zero-order chi connectivity index (χ0) is 24.1. The Kier molecular flexibility index (Phi) is 7.67. The minimum atomic E-state index is -1.79. The van der Waals surface area contributed by atoms with Crippen molar-refractivity contribution in [3.63, 3.8) is 0 Å². The predicted octanol–water partition coefficient (Wildman–Crippen LogP) is 5.18. The van der Waals surface area contributed by atoms with Crippen LogP contribution in [0.15, 0.2) is 48.7 Å². The molecule has 1 saturated heterocycles. The summed E-state index contributed by atoms with van der Waals surface area (Å²) in [5.41, 5.74) is 1.82. The van der Waals surface area contributed by atoms with E-state index < -0.39 is 8.03 Å².